The van der Waals surface area contributed by atoms with Crippen molar-refractivity contribution in [2.75, 3.05) is 6.61 Å². The average molecular weight is 292 g/mol. The van der Waals surface area contributed by atoms with E-state index < -0.39 is 6.10 Å². The van der Waals surface area contributed by atoms with E-state index in [1.54, 1.807) is 19.1 Å². The van der Waals surface area contributed by atoms with Crippen LogP contribution in [-0.2, 0) is 0 Å². The maximum Gasteiger partial charge on any atom is 0.126 e. The lowest BCUT2D eigenvalue weighted by molar-refractivity contribution is 0.193. The van der Waals surface area contributed by atoms with Gasteiger partial charge in [0, 0.05) is 15.1 Å². The van der Waals surface area contributed by atoms with Crippen LogP contribution in [-0.4, -0.2) is 11.7 Å². The molecule has 4 heteroatoms. The van der Waals surface area contributed by atoms with Crippen LogP contribution in [0.2, 0.25) is 0 Å². The molecule has 0 aliphatic heterocycles. The number of benzene rings is 1. The first kappa shape index (κ1) is 12.6. The molecule has 0 spiro atoms. The normalized spacial score (nSPS) is 12.3. The van der Waals surface area contributed by atoms with Gasteiger partial charge in [-0.1, -0.05) is 40.2 Å². The van der Waals surface area contributed by atoms with Gasteiger partial charge >= 0.3 is 0 Å². The summed E-state index contributed by atoms with van der Waals surface area (Å²) in [6.45, 7) is 5.45. The molecule has 0 bridgehead atoms. The second kappa shape index (κ2) is 5.54. The summed E-state index contributed by atoms with van der Waals surface area (Å²) in [6, 6.07) is 5.45. The lowest BCUT2D eigenvalue weighted by Crippen LogP contribution is -2.02. The summed E-state index contributed by atoms with van der Waals surface area (Å²) in [4.78, 5) is 0. The van der Waals surface area contributed by atoms with Crippen molar-refractivity contribution < 1.29 is 9.84 Å². The van der Waals surface area contributed by atoms with Crippen LogP contribution >= 0.6 is 27.5 Å². The third kappa shape index (κ3) is 3.86. The lowest BCUT2D eigenvalue weighted by atomic mass is 10.1. The van der Waals surface area contributed by atoms with Crippen molar-refractivity contribution in [3.05, 3.63) is 39.8 Å². The summed E-state index contributed by atoms with van der Waals surface area (Å²) in [5.74, 6) is 0.612. The van der Waals surface area contributed by atoms with Gasteiger partial charge in [0.25, 0.3) is 0 Å². The van der Waals surface area contributed by atoms with E-state index in [0.717, 1.165) is 10.0 Å². The third-order valence-electron chi connectivity index (χ3n) is 1.81. The highest BCUT2D eigenvalue weighted by Crippen LogP contribution is 2.28. The first-order chi connectivity index (χ1) is 7.00. The van der Waals surface area contributed by atoms with Crippen molar-refractivity contribution in [2.24, 2.45) is 0 Å². The van der Waals surface area contributed by atoms with Gasteiger partial charge in [0.1, 0.15) is 12.4 Å². The van der Waals surface area contributed by atoms with Crippen LogP contribution in [0.3, 0.4) is 0 Å². The number of rotatable bonds is 4. The van der Waals surface area contributed by atoms with Gasteiger partial charge in [-0.15, -0.1) is 0 Å². The molecule has 0 saturated carbocycles. The fraction of sp³-hybridized carbons (Fsp3) is 0.273. The molecule has 0 saturated heterocycles. The predicted octanol–water partition coefficient (Wildman–Crippen LogP) is 3.63. The van der Waals surface area contributed by atoms with Crippen molar-refractivity contribution >= 4 is 27.5 Å². The van der Waals surface area contributed by atoms with Gasteiger partial charge in [-0.05, 0) is 19.1 Å². The highest BCUT2D eigenvalue weighted by Gasteiger charge is 2.09. The first-order valence-corrected chi connectivity index (χ1v) is 5.61. The van der Waals surface area contributed by atoms with E-state index in [1.165, 1.54) is 0 Å². The Bertz CT molecular complexity index is 364. The van der Waals surface area contributed by atoms with Crippen molar-refractivity contribution in [1.82, 2.24) is 0 Å². The molecule has 0 amide bonds. The van der Waals surface area contributed by atoms with Gasteiger partial charge in [-0.3, -0.25) is 0 Å². The molecule has 1 aromatic carbocycles. The SMILES string of the molecule is C=C(Cl)COc1cc(Br)ccc1C(C)O. The van der Waals surface area contributed by atoms with E-state index in [4.69, 9.17) is 16.3 Å². The molecular formula is C11H12BrClO2. The Morgan fingerprint density at radius 1 is 1.67 bits per heavy atom. The minimum atomic E-state index is -0.573. The summed E-state index contributed by atoms with van der Waals surface area (Å²) in [5.41, 5.74) is 0.733. The number of aliphatic hydroxyl groups excluding tert-OH is 1. The molecule has 1 rings (SSSR count). The lowest BCUT2D eigenvalue weighted by Gasteiger charge is -2.13. The second-order valence-electron chi connectivity index (χ2n) is 3.16. The number of hydrogen-bond acceptors (Lipinski definition) is 2. The zero-order valence-electron chi connectivity index (χ0n) is 8.34. The summed E-state index contributed by atoms with van der Waals surface area (Å²) in [5, 5.41) is 9.93. The average Bonchev–Trinajstić information content (AvgIpc) is 2.14. The van der Waals surface area contributed by atoms with E-state index >= 15 is 0 Å². The van der Waals surface area contributed by atoms with Crippen LogP contribution in [0.25, 0.3) is 0 Å². The summed E-state index contributed by atoms with van der Waals surface area (Å²) < 4.78 is 6.31. The molecule has 82 valence electrons. The maximum atomic E-state index is 9.51. The van der Waals surface area contributed by atoms with E-state index in [1.807, 2.05) is 6.07 Å². The zero-order valence-corrected chi connectivity index (χ0v) is 10.7. The highest BCUT2D eigenvalue weighted by molar-refractivity contribution is 9.10. The quantitative estimate of drug-likeness (QED) is 0.918. The summed E-state index contributed by atoms with van der Waals surface area (Å²) in [6.07, 6.45) is -0.573. The summed E-state index contributed by atoms with van der Waals surface area (Å²) in [7, 11) is 0. The Morgan fingerprint density at radius 3 is 2.87 bits per heavy atom. The van der Waals surface area contributed by atoms with Crippen molar-refractivity contribution in [3.63, 3.8) is 0 Å². The van der Waals surface area contributed by atoms with Crippen LogP contribution in [0.5, 0.6) is 5.75 Å². The molecule has 0 aliphatic carbocycles. The van der Waals surface area contributed by atoms with E-state index in [9.17, 15) is 5.11 Å². The highest BCUT2D eigenvalue weighted by atomic mass is 79.9. The van der Waals surface area contributed by atoms with Crippen LogP contribution in [0.1, 0.15) is 18.6 Å². The molecule has 1 atom stereocenters. The Balaban J connectivity index is 2.91. The maximum absolute atomic E-state index is 9.51. The number of hydrogen-bond donors (Lipinski definition) is 1. The van der Waals surface area contributed by atoms with Gasteiger partial charge in [0.05, 0.1) is 6.10 Å². The molecule has 1 unspecified atom stereocenters. The standard InChI is InChI=1S/C11H12BrClO2/c1-7(13)6-15-11-5-9(12)3-4-10(11)8(2)14/h3-5,8,14H,1,6H2,2H3. The Hall–Kier alpha value is -0.510. The molecular weight excluding hydrogens is 279 g/mol. The largest absolute Gasteiger partial charge is 0.488 e. The summed E-state index contributed by atoms with van der Waals surface area (Å²) >= 11 is 8.94. The minimum absolute atomic E-state index is 0.234. The molecule has 15 heavy (non-hydrogen) atoms. The topological polar surface area (TPSA) is 29.5 Å². The van der Waals surface area contributed by atoms with Crippen LogP contribution in [0, 0.1) is 0 Å². The van der Waals surface area contributed by atoms with Crippen LogP contribution < -0.4 is 4.74 Å². The zero-order chi connectivity index (χ0) is 11.4. The Kier molecular flexibility index (Phi) is 4.64. The smallest absolute Gasteiger partial charge is 0.126 e. The molecule has 0 fully saturated rings. The van der Waals surface area contributed by atoms with E-state index in [2.05, 4.69) is 22.5 Å². The number of halogens is 2. The monoisotopic (exact) mass is 290 g/mol. The third-order valence-corrected chi connectivity index (χ3v) is 2.41. The van der Waals surface area contributed by atoms with Crippen molar-refractivity contribution in [3.8, 4) is 5.75 Å². The molecule has 0 radical (unpaired) electrons. The van der Waals surface area contributed by atoms with Crippen LogP contribution in [0.4, 0.5) is 0 Å². The van der Waals surface area contributed by atoms with Gasteiger partial charge < -0.3 is 9.84 Å². The van der Waals surface area contributed by atoms with Gasteiger partial charge in [0.2, 0.25) is 0 Å². The Labute approximate surface area is 103 Å². The molecule has 0 aromatic heterocycles. The minimum Gasteiger partial charge on any atom is -0.488 e. The molecule has 1 aromatic rings. The molecule has 2 nitrogen and oxygen atoms in total. The second-order valence-corrected chi connectivity index (χ2v) is 4.61. The van der Waals surface area contributed by atoms with E-state index in [0.29, 0.717) is 10.8 Å². The molecule has 0 heterocycles. The van der Waals surface area contributed by atoms with E-state index in [-0.39, 0.29) is 6.61 Å². The van der Waals surface area contributed by atoms with Gasteiger partial charge in [0.15, 0.2) is 0 Å². The first-order valence-electron chi connectivity index (χ1n) is 4.44. The fourth-order valence-electron chi connectivity index (χ4n) is 1.13. The van der Waals surface area contributed by atoms with Crippen molar-refractivity contribution in [2.45, 2.75) is 13.0 Å². The predicted molar refractivity (Wildman–Crippen MR) is 65.3 cm³/mol. The fourth-order valence-corrected chi connectivity index (χ4v) is 1.53. The van der Waals surface area contributed by atoms with Gasteiger partial charge in [-0.25, -0.2) is 0 Å². The van der Waals surface area contributed by atoms with Gasteiger partial charge in [-0.2, -0.15) is 0 Å². The molecule has 0 aliphatic rings. The molecule has 1 N–H and O–H groups in total. The number of aliphatic hydroxyl groups is 1. The Morgan fingerprint density at radius 2 is 2.33 bits per heavy atom. The van der Waals surface area contributed by atoms with Crippen LogP contribution in [0.15, 0.2) is 34.3 Å². The van der Waals surface area contributed by atoms with Crippen molar-refractivity contribution in [1.29, 1.82) is 0 Å². The number of ether oxygens (including phenoxy) is 1.